The molecular formula is C16H25N5O2. The van der Waals surface area contributed by atoms with Gasteiger partial charge in [0.05, 0.1) is 6.20 Å². The van der Waals surface area contributed by atoms with Crippen LogP contribution in [0.25, 0.3) is 5.65 Å². The van der Waals surface area contributed by atoms with Crippen molar-refractivity contribution in [1.82, 2.24) is 19.5 Å². The highest BCUT2D eigenvalue weighted by Gasteiger charge is 2.23. The lowest BCUT2D eigenvalue weighted by Gasteiger charge is -2.23. The number of ether oxygens (including phenoxy) is 1. The fraction of sp³-hybridized carbons (Fsp3) is 0.562. The van der Waals surface area contributed by atoms with Gasteiger partial charge in [-0.3, -0.25) is 0 Å². The number of nitrogens with zero attached hydrogens (tertiary/aromatic N) is 4. The molecule has 0 bridgehead atoms. The van der Waals surface area contributed by atoms with Crippen molar-refractivity contribution in [2.24, 2.45) is 0 Å². The van der Waals surface area contributed by atoms with Crippen LogP contribution in [0.2, 0.25) is 0 Å². The van der Waals surface area contributed by atoms with Crippen LogP contribution in [0.3, 0.4) is 0 Å². The molecule has 0 spiro atoms. The van der Waals surface area contributed by atoms with Crippen LogP contribution in [-0.4, -0.2) is 51.3 Å². The Labute approximate surface area is 136 Å². The van der Waals surface area contributed by atoms with E-state index >= 15 is 0 Å². The quantitative estimate of drug-likeness (QED) is 0.875. The number of aromatic nitrogens is 3. The third kappa shape index (κ3) is 5.12. The summed E-state index contributed by atoms with van der Waals surface area (Å²) in [5, 5.41) is 6.98. The van der Waals surface area contributed by atoms with Crippen molar-refractivity contribution in [3.8, 4) is 0 Å². The Balaban J connectivity index is 0.000000167. The zero-order valence-electron chi connectivity index (χ0n) is 14.2. The Bertz CT molecular complexity index is 641. The SMILES string of the molecule is CC(C)(C)OC(=O)N1CCCC1.CNc1ccn2nccc2n1. The lowest BCUT2D eigenvalue weighted by Crippen LogP contribution is -2.34. The molecule has 0 atom stereocenters. The summed E-state index contributed by atoms with van der Waals surface area (Å²) < 4.78 is 6.93. The van der Waals surface area contributed by atoms with Crippen molar-refractivity contribution in [1.29, 1.82) is 0 Å². The Morgan fingerprint density at radius 3 is 2.57 bits per heavy atom. The first-order chi connectivity index (χ1) is 10.9. The average Bonchev–Trinajstić information content (AvgIpc) is 3.16. The Morgan fingerprint density at radius 2 is 1.96 bits per heavy atom. The number of hydrogen-bond donors (Lipinski definition) is 1. The first kappa shape index (κ1) is 17.1. The van der Waals surface area contributed by atoms with Crippen molar-refractivity contribution in [3.05, 3.63) is 24.5 Å². The van der Waals surface area contributed by atoms with Gasteiger partial charge in [0.15, 0.2) is 5.65 Å². The van der Waals surface area contributed by atoms with E-state index < -0.39 is 0 Å². The van der Waals surface area contributed by atoms with E-state index in [0.29, 0.717) is 0 Å². The Morgan fingerprint density at radius 1 is 1.26 bits per heavy atom. The number of amides is 1. The Kier molecular flexibility index (Phi) is 5.41. The number of rotatable bonds is 1. The number of carbonyl (C=O) groups excluding carboxylic acids is 1. The normalized spacial score (nSPS) is 14.3. The predicted octanol–water partition coefficient (Wildman–Crippen LogP) is 2.79. The smallest absolute Gasteiger partial charge is 0.410 e. The standard InChI is InChI=1S/C9H17NO2.C7H8N4/c1-9(2,3)12-8(11)10-6-4-5-7-10;1-8-6-3-5-11-7(10-6)2-4-9-11/h4-7H2,1-3H3;2-5H,1H3,(H,8,10). The highest BCUT2D eigenvalue weighted by atomic mass is 16.6. The minimum absolute atomic E-state index is 0.167. The van der Waals surface area contributed by atoms with Crippen molar-refractivity contribution in [3.63, 3.8) is 0 Å². The maximum Gasteiger partial charge on any atom is 0.410 e. The molecule has 3 heterocycles. The molecule has 2 aromatic heterocycles. The summed E-state index contributed by atoms with van der Waals surface area (Å²) in [4.78, 5) is 17.4. The number of carbonyl (C=O) groups is 1. The number of likely N-dealkylation sites (tertiary alicyclic amines) is 1. The van der Waals surface area contributed by atoms with Gasteiger partial charge in [0, 0.05) is 32.4 Å². The summed E-state index contributed by atoms with van der Waals surface area (Å²) >= 11 is 0. The maximum absolute atomic E-state index is 11.4. The van der Waals surface area contributed by atoms with E-state index in [1.807, 2.05) is 46.1 Å². The molecule has 0 radical (unpaired) electrons. The summed E-state index contributed by atoms with van der Waals surface area (Å²) in [6.07, 6.45) is 5.65. The van der Waals surface area contributed by atoms with Crippen molar-refractivity contribution in [2.75, 3.05) is 25.5 Å². The van der Waals surface area contributed by atoms with E-state index in [1.165, 1.54) is 0 Å². The molecule has 0 aliphatic carbocycles. The van der Waals surface area contributed by atoms with Crippen LogP contribution in [0.4, 0.5) is 10.6 Å². The number of anilines is 1. The fourth-order valence-corrected chi connectivity index (χ4v) is 2.18. The van der Waals surface area contributed by atoms with Gasteiger partial charge in [0.25, 0.3) is 0 Å². The number of hydrogen-bond acceptors (Lipinski definition) is 5. The first-order valence-electron chi connectivity index (χ1n) is 7.85. The van der Waals surface area contributed by atoms with Crippen LogP contribution < -0.4 is 5.32 Å². The van der Waals surface area contributed by atoms with E-state index in [2.05, 4.69) is 15.4 Å². The maximum atomic E-state index is 11.4. The zero-order chi connectivity index (χ0) is 16.9. The predicted molar refractivity (Wildman–Crippen MR) is 89.6 cm³/mol. The molecule has 1 saturated heterocycles. The molecular weight excluding hydrogens is 294 g/mol. The van der Waals surface area contributed by atoms with E-state index in [-0.39, 0.29) is 11.7 Å². The zero-order valence-corrected chi connectivity index (χ0v) is 14.2. The number of nitrogens with one attached hydrogen (secondary N) is 1. The van der Waals surface area contributed by atoms with E-state index in [0.717, 1.165) is 37.4 Å². The summed E-state index contributed by atoms with van der Waals surface area (Å²) in [5.41, 5.74) is 0.497. The minimum Gasteiger partial charge on any atom is -0.444 e. The molecule has 0 aromatic carbocycles. The summed E-state index contributed by atoms with van der Waals surface area (Å²) in [6.45, 7) is 7.38. The highest BCUT2D eigenvalue weighted by Crippen LogP contribution is 2.14. The van der Waals surface area contributed by atoms with Gasteiger partial charge in [0.2, 0.25) is 0 Å². The van der Waals surface area contributed by atoms with E-state index in [9.17, 15) is 4.79 Å². The summed E-state index contributed by atoms with van der Waals surface area (Å²) in [5.74, 6) is 0.859. The molecule has 1 aliphatic rings. The van der Waals surface area contributed by atoms with Gasteiger partial charge in [-0.15, -0.1) is 0 Å². The molecule has 1 amide bonds. The van der Waals surface area contributed by atoms with Crippen molar-refractivity contribution in [2.45, 2.75) is 39.2 Å². The van der Waals surface area contributed by atoms with Gasteiger partial charge >= 0.3 is 6.09 Å². The number of fused-ring (bicyclic) bond motifs is 1. The molecule has 1 fully saturated rings. The van der Waals surface area contributed by atoms with Crippen LogP contribution in [0.1, 0.15) is 33.6 Å². The molecule has 7 nitrogen and oxygen atoms in total. The summed E-state index contributed by atoms with van der Waals surface area (Å²) in [6, 6.07) is 3.74. The van der Waals surface area contributed by atoms with E-state index in [1.54, 1.807) is 15.6 Å². The van der Waals surface area contributed by atoms with Gasteiger partial charge in [-0.05, 0) is 39.7 Å². The molecule has 0 unspecified atom stereocenters. The molecule has 2 aromatic rings. The molecule has 126 valence electrons. The largest absolute Gasteiger partial charge is 0.444 e. The lowest BCUT2D eigenvalue weighted by atomic mass is 10.2. The first-order valence-corrected chi connectivity index (χ1v) is 7.85. The molecule has 7 heteroatoms. The third-order valence-corrected chi connectivity index (χ3v) is 3.27. The molecule has 1 aliphatic heterocycles. The van der Waals surface area contributed by atoms with E-state index in [4.69, 9.17) is 4.74 Å². The minimum atomic E-state index is -0.361. The van der Waals surface area contributed by atoms with Crippen LogP contribution in [0.5, 0.6) is 0 Å². The van der Waals surface area contributed by atoms with Gasteiger partial charge in [-0.1, -0.05) is 0 Å². The van der Waals surface area contributed by atoms with Crippen LogP contribution >= 0.6 is 0 Å². The van der Waals surface area contributed by atoms with Crippen LogP contribution in [0.15, 0.2) is 24.5 Å². The van der Waals surface area contributed by atoms with Crippen LogP contribution in [0, 0.1) is 0 Å². The van der Waals surface area contributed by atoms with Gasteiger partial charge in [-0.2, -0.15) is 5.10 Å². The fourth-order valence-electron chi connectivity index (χ4n) is 2.18. The van der Waals surface area contributed by atoms with Crippen molar-refractivity contribution < 1.29 is 9.53 Å². The highest BCUT2D eigenvalue weighted by molar-refractivity contribution is 5.68. The monoisotopic (exact) mass is 319 g/mol. The van der Waals surface area contributed by atoms with Gasteiger partial charge in [0.1, 0.15) is 11.4 Å². The second-order valence-corrected chi connectivity index (χ2v) is 6.37. The van der Waals surface area contributed by atoms with Gasteiger partial charge in [-0.25, -0.2) is 14.3 Å². The Hall–Kier alpha value is -2.31. The second-order valence-electron chi connectivity index (χ2n) is 6.37. The molecule has 0 saturated carbocycles. The average molecular weight is 319 g/mol. The van der Waals surface area contributed by atoms with Crippen molar-refractivity contribution >= 4 is 17.6 Å². The summed E-state index contributed by atoms with van der Waals surface area (Å²) in [7, 11) is 1.84. The molecule has 23 heavy (non-hydrogen) atoms. The lowest BCUT2D eigenvalue weighted by molar-refractivity contribution is 0.0295. The topological polar surface area (TPSA) is 71.8 Å². The second kappa shape index (κ2) is 7.30. The molecule has 3 rings (SSSR count). The van der Waals surface area contributed by atoms with Gasteiger partial charge < -0.3 is 15.0 Å². The van der Waals surface area contributed by atoms with Crippen LogP contribution in [-0.2, 0) is 4.74 Å². The molecule has 1 N–H and O–H groups in total. The third-order valence-electron chi connectivity index (χ3n) is 3.27.